The number of hydrogen-bond donors (Lipinski definition) is 0. The molecule has 1 atom stereocenters. The molecular weight excluding hydrogens is 204 g/mol. The molecule has 1 unspecified atom stereocenters. The molecule has 0 aromatic heterocycles. The molecule has 1 aromatic carbocycles. The smallest absolute Gasteiger partial charge is 0.139 e. The lowest BCUT2D eigenvalue weighted by Crippen LogP contribution is -1.99. The molecule has 2 heteroatoms. The Morgan fingerprint density at radius 2 is 1.93 bits per heavy atom. The Balaban J connectivity index is 2.65. The minimum atomic E-state index is 0.255. The summed E-state index contributed by atoms with van der Waals surface area (Å²) in [7, 11) is 0. The standard InChI is InChI=1S/C13H18OS/c1-4-13(15-9-11(3)14)12-7-5-10(2)6-8-12/h5-8,13H,4,9H2,1-3H3. The van der Waals surface area contributed by atoms with Gasteiger partial charge in [0.15, 0.2) is 0 Å². The highest BCUT2D eigenvalue weighted by molar-refractivity contribution is 8.00. The summed E-state index contributed by atoms with van der Waals surface area (Å²) in [4.78, 5) is 10.9. The Kier molecular flexibility index (Phi) is 4.89. The summed E-state index contributed by atoms with van der Waals surface area (Å²) in [6.45, 7) is 5.90. The number of benzene rings is 1. The fraction of sp³-hybridized carbons (Fsp3) is 0.462. The van der Waals surface area contributed by atoms with Gasteiger partial charge in [-0.3, -0.25) is 4.79 Å². The van der Waals surface area contributed by atoms with E-state index in [-0.39, 0.29) is 5.78 Å². The first-order chi connectivity index (χ1) is 7.13. The maximum Gasteiger partial charge on any atom is 0.139 e. The van der Waals surface area contributed by atoms with Crippen LogP contribution in [0.1, 0.15) is 36.6 Å². The van der Waals surface area contributed by atoms with Gasteiger partial charge in [-0.2, -0.15) is 0 Å². The summed E-state index contributed by atoms with van der Waals surface area (Å²) >= 11 is 1.74. The Morgan fingerprint density at radius 3 is 2.40 bits per heavy atom. The zero-order valence-corrected chi connectivity index (χ0v) is 10.4. The SMILES string of the molecule is CCC(SCC(C)=O)c1ccc(C)cc1. The van der Waals surface area contributed by atoms with E-state index in [9.17, 15) is 4.79 Å². The molecule has 0 saturated carbocycles. The second-order valence-electron chi connectivity index (χ2n) is 3.82. The normalized spacial score (nSPS) is 12.5. The van der Waals surface area contributed by atoms with Crippen molar-refractivity contribution in [2.24, 2.45) is 0 Å². The molecule has 0 aliphatic carbocycles. The molecular formula is C13H18OS. The summed E-state index contributed by atoms with van der Waals surface area (Å²) < 4.78 is 0. The fourth-order valence-corrected chi connectivity index (χ4v) is 2.47. The average Bonchev–Trinajstić information content (AvgIpc) is 2.21. The van der Waals surface area contributed by atoms with Gasteiger partial charge in [0.2, 0.25) is 0 Å². The first-order valence-corrected chi connectivity index (χ1v) is 6.36. The first-order valence-electron chi connectivity index (χ1n) is 5.31. The van der Waals surface area contributed by atoms with Crippen molar-refractivity contribution < 1.29 is 4.79 Å². The minimum absolute atomic E-state index is 0.255. The Morgan fingerprint density at radius 1 is 1.33 bits per heavy atom. The van der Waals surface area contributed by atoms with Crippen LogP contribution in [0.2, 0.25) is 0 Å². The van der Waals surface area contributed by atoms with Gasteiger partial charge in [0.25, 0.3) is 0 Å². The molecule has 0 heterocycles. The predicted octanol–water partition coefficient (Wildman–Crippen LogP) is 3.77. The highest BCUT2D eigenvalue weighted by Gasteiger charge is 2.10. The van der Waals surface area contributed by atoms with Crippen LogP contribution in [-0.2, 0) is 4.79 Å². The lowest BCUT2D eigenvalue weighted by molar-refractivity contribution is -0.114. The van der Waals surface area contributed by atoms with Crippen molar-refractivity contribution in [1.29, 1.82) is 0 Å². The van der Waals surface area contributed by atoms with Crippen LogP contribution in [0.5, 0.6) is 0 Å². The van der Waals surface area contributed by atoms with Gasteiger partial charge < -0.3 is 0 Å². The van der Waals surface area contributed by atoms with Crippen LogP contribution in [0.25, 0.3) is 0 Å². The van der Waals surface area contributed by atoms with Crippen LogP contribution in [0.3, 0.4) is 0 Å². The number of hydrogen-bond acceptors (Lipinski definition) is 2. The summed E-state index contributed by atoms with van der Waals surface area (Å²) in [5.41, 5.74) is 2.61. The molecule has 82 valence electrons. The van der Waals surface area contributed by atoms with Crippen LogP contribution in [0.4, 0.5) is 0 Å². The molecule has 15 heavy (non-hydrogen) atoms. The fourth-order valence-electron chi connectivity index (χ4n) is 1.45. The van der Waals surface area contributed by atoms with E-state index in [1.165, 1.54) is 11.1 Å². The molecule has 0 aliphatic heterocycles. The molecule has 0 spiro atoms. The van der Waals surface area contributed by atoms with E-state index in [1.54, 1.807) is 18.7 Å². The third-order valence-electron chi connectivity index (χ3n) is 2.31. The first kappa shape index (κ1) is 12.3. The van der Waals surface area contributed by atoms with E-state index in [4.69, 9.17) is 0 Å². The monoisotopic (exact) mass is 222 g/mol. The maximum absolute atomic E-state index is 10.9. The Hall–Kier alpha value is -0.760. The molecule has 1 rings (SSSR count). The van der Waals surface area contributed by atoms with Crippen molar-refractivity contribution >= 4 is 17.5 Å². The zero-order valence-electron chi connectivity index (χ0n) is 9.62. The lowest BCUT2D eigenvalue weighted by Gasteiger charge is -2.14. The summed E-state index contributed by atoms with van der Waals surface area (Å²) in [6.07, 6.45) is 1.07. The van der Waals surface area contributed by atoms with Gasteiger partial charge in [-0.15, -0.1) is 11.8 Å². The van der Waals surface area contributed by atoms with E-state index in [2.05, 4.69) is 38.1 Å². The quantitative estimate of drug-likeness (QED) is 0.754. The third-order valence-corrected chi connectivity index (χ3v) is 3.89. The van der Waals surface area contributed by atoms with Crippen LogP contribution >= 0.6 is 11.8 Å². The molecule has 0 amide bonds. The van der Waals surface area contributed by atoms with Crippen LogP contribution < -0.4 is 0 Å². The van der Waals surface area contributed by atoms with Gasteiger partial charge in [0.05, 0.1) is 5.75 Å². The molecule has 0 radical (unpaired) electrons. The van der Waals surface area contributed by atoms with Gasteiger partial charge in [-0.05, 0) is 25.8 Å². The van der Waals surface area contributed by atoms with Crippen LogP contribution in [0, 0.1) is 6.92 Å². The number of ketones is 1. The lowest BCUT2D eigenvalue weighted by atomic mass is 10.1. The van der Waals surface area contributed by atoms with Crippen molar-refractivity contribution in [2.45, 2.75) is 32.4 Å². The van der Waals surface area contributed by atoms with Gasteiger partial charge in [-0.25, -0.2) is 0 Å². The van der Waals surface area contributed by atoms with Crippen LogP contribution in [0.15, 0.2) is 24.3 Å². The van der Waals surface area contributed by atoms with Crippen molar-refractivity contribution in [1.82, 2.24) is 0 Å². The predicted molar refractivity (Wildman–Crippen MR) is 67.4 cm³/mol. The topological polar surface area (TPSA) is 17.1 Å². The molecule has 0 fully saturated rings. The average molecular weight is 222 g/mol. The summed E-state index contributed by atoms with van der Waals surface area (Å²) in [6, 6.07) is 8.59. The van der Waals surface area contributed by atoms with Gasteiger partial charge in [0, 0.05) is 5.25 Å². The van der Waals surface area contributed by atoms with Gasteiger partial charge in [0.1, 0.15) is 5.78 Å². The van der Waals surface area contributed by atoms with Crippen molar-refractivity contribution in [2.75, 3.05) is 5.75 Å². The molecule has 0 bridgehead atoms. The summed E-state index contributed by atoms with van der Waals surface area (Å²) in [5.74, 6) is 0.873. The number of carbonyl (C=O) groups excluding carboxylic acids is 1. The molecule has 0 saturated heterocycles. The van der Waals surface area contributed by atoms with Gasteiger partial charge >= 0.3 is 0 Å². The Bertz CT molecular complexity index is 316. The zero-order chi connectivity index (χ0) is 11.3. The number of thioether (sulfide) groups is 1. The second-order valence-corrected chi connectivity index (χ2v) is 5.01. The number of rotatable bonds is 5. The maximum atomic E-state index is 10.9. The number of aryl methyl sites for hydroxylation is 1. The van der Waals surface area contributed by atoms with E-state index in [0.717, 1.165) is 6.42 Å². The summed E-state index contributed by atoms with van der Waals surface area (Å²) in [5, 5.41) is 0.453. The highest BCUT2D eigenvalue weighted by atomic mass is 32.2. The van der Waals surface area contributed by atoms with E-state index in [0.29, 0.717) is 11.0 Å². The largest absolute Gasteiger partial charge is 0.299 e. The number of Topliss-reactive ketones (excluding diaryl/α,β-unsaturated/α-hetero) is 1. The van der Waals surface area contributed by atoms with Crippen molar-refractivity contribution in [3.63, 3.8) is 0 Å². The highest BCUT2D eigenvalue weighted by Crippen LogP contribution is 2.31. The minimum Gasteiger partial charge on any atom is -0.299 e. The molecule has 1 aromatic rings. The molecule has 1 nitrogen and oxygen atoms in total. The molecule has 0 N–H and O–H groups in total. The second kappa shape index (κ2) is 5.96. The number of carbonyl (C=O) groups is 1. The van der Waals surface area contributed by atoms with E-state index in [1.807, 2.05) is 0 Å². The van der Waals surface area contributed by atoms with E-state index < -0.39 is 0 Å². The molecule has 0 aliphatic rings. The van der Waals surface area contributed by atoms with Crippen LogP contribution in [-0.4, -0.2) is 11.5 Å². The third kappa shape index (κ3) is 4.08. The van der Waals surface area contributed by atoms with Crippen molar-refractivity contribution in [3.8, 4) is 0 Å². The van der Waals surface area contributed by atoms with Gasteiger partial charge in [-0.1, -0.05) is 36.8 Å². The van der Waals surface area contributed by atoms with E-state index >= 15 is 0 Å². The Labute approximate surface area is 96.3 Å². The van der Waals surface area contributed by atoms with Crippen molar-refractivity contribution in [3.05, 3.63) is 35.4 Å².